The molecule has 1 heteroatoms. The predicted octanol–water partition coefficient (Wildman–Crippen LogP) is 4.54. The van der Waals surface area contributed by atoms with E-state index in [1.807, 2.05) is 0 Å². The molecule has 0 fully saturated rings. The van der Waals surface area contributed by atoms with Gasteiger partial charge in [0.2, 0.25) is 0 Å². The lowest BCUT2D eigenvalue weighted by molar-refractivity contribution is 0.874. The highest BCUT2D eigenvalue weighted by Gasteiger charge is 2.08. The van der Waals surface area contributed by atoms with Crippen LogP contribution >= 0.6 is 11.3 Å². The Morgan fingerprint density at radius 2 is 1.71 bits per heavy atom. The maximum Gasteiger partial charge on any atom is -0.00117 e. The lowest BCUT2D eigenvalue weighted by Crippen LogP contribution is -1.86. The Labute approximate surface area is 89.2 Å². The first kappa shape index (κ1) is 9.47. The molecular formula is C13H14S. The minimum Gasteiger partial charge on any atom is -0.151 e. The second kappa shape index (κ2) is 3.97. The van der Waals surface area contributed by atoms with Gasteiger partial charge in [-0.25, -0.2) is 0 Å². The van der Waals surface area contributed by atoms with E-state index in [4.69, 9.17) is 0 Å². The number of thiophene rings is 1. The summed E-state index contributed by atoms with van der Waals surface area (Å²) in [5, 5.41) is 4.50. The molecule has 0 bridgehead atoms. The van der Waals surface area contributed by atoms with E-state index in [9.17, 15) is 0 Å². The van der Waals surface area contributed by atoms with Gasteiger partial charge in [-0.3, -0.25) is 0 Å². The lowest BCUT2D eigenvalue weighted by atomic mass is 9.97. The van der Waals surface area contributed by atoms with Gasteiger partial charge in [-0.1, -0.05) is 44.2 Å². The van der Waals surface area contributed by atoms with Crippen molar-refractivity contribution in [1.29, 1.82) is 0 Å². The van der Waals surface area contributed by atoms with Crippen LogP contribution in [0.2, 0.25) is 0 Å². The van der Waals surface area contributed by atoms with Gasteiger partial charge in [0, 0.05) is 0 Å². The Kier molecular flexibility index (Phi) is 2.69. The summed E-state index contributed by atoms with van der Waals surface area (Å²) in [6.45, 7) is 4.49. The molecule has 0 saturated heterocycles. The number of benzene rings is 1. The van der Waals surface area contributed by atoms with E-state index in [-0.39, 0.29) is 0 Å². The zero-order chi connectivity index (χ0) is 9.97. The maximum atomic E-state index is 2.26. The molecule has 72 valence electrons. The third-order valence-electron chi connectivity index (χ3n) is 2.40. The molecule has 0 atom stereocenters. The van der Waals surface area contributed by atoms with Crippen LogP contribution in [0, 0.1) is 0 Å². The SMILES string of the molecule is CC(C)c1cscc1-c1ccccc1. The fraction of sp³-hybridized carbons (Fsp3) is 0.231. The molecule has 1 aromatic heterocycles. The fourth-order valence-corrected chi connectivity index (χ4v) is 2.63. The molecule has 2 aromatic rings. The van der Waals surface area contributed by atoms with Gasteiger partial charge in [0.25, 0.3) is 0 Å². The quantitative estimate of drug-likeness (QED) is 0.670. The zero-order valence-electron chi connectivity index (χ0n) is 8.53. The van der Waals surface area contributed by atoms with Gasteiger partial charge >= 0.3 is 0 Å². The molecule has 0 unspecified atom stereocenters. The summed E-state index contributed by atoms with van der Waals surface area (Å²) in [6, 6.07) is 10.6. The summed E-state index contributed by atoms with van der Waals surface area (Å²) in [6.07, 6.45) is 0. The Morgan fingerprint density at radius 1 is 1.00 bits per heavy atom. The topological polar surface area (TPSA) is 0 Å². The van der Waals surface area contributed by atoms with Gasteiger partial charge < -0.3 is 0 Å². The van der Waals surface area contributed by atoms with Crippen LogP contribution in [0.3, 0.4) is 0 Å². The fourth-order valence-electron chi connectivity index (χ4n) is 1.61. The normalized spacial score (nSPS) is 10.8. The van der Waals surface area contributed by atoms with E-state index in [0.717, 1.165) is 0 Å². The van der Waals surface area contributed by atoms with E-state index in [0.29, 0.717) is 5.92 Å². The minimum absolute atomic E-state index is 0.608. The van der Waals surface area contributed by atoms with Crippen LogP contribution in [0.1, 0.15) is 25.3 Å². The molecule has 0 aliphatic carbocycles. The van der Waals surface area contributed by atoms with Crippen LogP contribution in [-0.2, 0) is 0 Å². The Hall–Kier alpha value is -1.08. The van der Waals surface area contributed by atoms with Gasteiger partial charge in [-0.15, -0.1) is 0 Å². The van der Waals surface area contributed by atoms with Crippen molar-refractivity contribution in [3.05, 3.63) is 46.7 Å². The Morgan fingerprint density at radius 3 is 2.36 bits per heavy atom. The first-order chi connectivity index (χ1) is 6.79. The molecule has 0 radical (unpaired) electrons. The number of hydrogen-bond acceptors (Lipinski definition) is 1. The molecule has 0 N–H and O–H groups in total. The van der Waals surface area contributed by atoms with E-state index in [1.54, 1.807) is 11.3 Å². The van der Waals surface area contributed by atoms with Crippen molar-refractivity contribution in [1.82, 2.24) is 0 Å². The zero-order valence-corrected chi connectivity index (χ0v) is 9.34. The van der Waals surface area contributed by atoms with E-state index in [1.165, 1.54) is 16.7 Å². The first-order valence-corrected chi connectivity index (χ1v) is 5.85. The summed E-state index contributed by atoms with van der Waals surface area (Å²) in [7, 11) is 0. The average Bonchev–Trinajstić information content (AvgIpc) is 2.67. The third-order valence-corrected chi connectivity index (χ3v) is 3.16. The van der Waals surface area contributed by atoms with Crippen molar-refractivity contribution in [2.24, 2.45) is 0 Å². The molecule has 1 aromatic carbocycles. The van der Waals surface area contributed by atoms with Crippen molar-refractivity contribution in [3.8, 4) is 11.1 Å². The van der Waals surface area contributed by atoms with Crippen molar-refractivity contribution >= 4 is 11.3 Å². The molecule has 14 heavy (non-hydrogen) atoms. The van der Waals surface area contributed by atoms with Crippen molar-refractivity contribution in [3.63, 3.8) is 0 Å². The molecule has 1 heterocycles. The summed E-state index contributed by atoms with van der Waals surface area (Å²) in [5.74, 6) is 0.608. The highest BCUT2D eigenvalue weighted by Crippen LogP contribution is 2.32. The third kappa shape index (κ3) is 1.73. The Bertz CT molecular complexity index is 398. The van der Waals surface area contributed by atoms with Crippen molar-refractivity contribution in [2.45, 2.75) is 19.8 Å². The maximum absolute atomic E-state index is 2.26. The number of rotatable bonds is 2. The highest BCUT2D eigenvalue weighted by atomic mass is 32.1. The molecule has 0 saturated carbocycles. The molecule has 0 spiro atoms. The molecular weight excluding hydrogens is 188 g/mol. The van der Waals surface area contributed by atoms with Crippen LogP contribution in [0.4, 0.5) is 0 Å². The van der Waals surface area contributed by atoms with Crippen molar-refractivity contribution < 1.29 is 0 Å². The van der Waals surface area contributed by atoms with E-state index in [2.05, 4.69) is 54.9 Å². The summed E-state index contributed by atoms with van der Waals surface area (Å²) >= 11 is 1.79. The second-order valence-electron chi connectivity index (χ2n) is 3.76. The molecule has 0 aliphatic heterocycles. The van der Waals surface area contributed by atoms with Gasteiger partial charge in [0.1, 0.15) is 0 Å². The van der Waals surface area contributed by atoms with Gasteiger partial charge in [0.15, 0.2) is 0 Å². The summed E-state index contributed by atoms with van der Waals surface area (Å²) < 4.78 is 0. The summed E-state index contributed by atoms with van der Waals surface area (Å²) in [5.41, 5.74) is 4.18. The van der Waals surface area contributed by atoms with Crippen LogP contribution < -0.4 is 0 Å². The Balaban J connectivity index is 2.47. The molecule has 0 aliphatic rings. The highest BCUT2D eigenvalue weighted by molar-refractivity contribution is 7.08. The predicted molar refractivity (Wildman–Crippen MR) is 63.8 cm³/mol. The van der Waals surface area contributed by atoms with Gasteiger partial charge in [-0.05, 0) is 33.4 Å². The van der Waals surface area contributed by atoms with E-state index < -0.39 is 0 Å². The average molecular weight is 202 g/mol. The van der Waals surface area contributed by atoms with Crippen LogP contribution in [-0.4, -0.2) is 0 Å². The van der Waals surface area contributed by atoms with Crippen LogP contribution in [0.15, 0.2) is 41.1 Å². The molecule has 2 rings (SSSR count). The monoisotopic (exact) mass is 202 g/mol. The minimum atomic E-state index is 0.608. The first-order valence-electron chi connectivity index (χ1n) is 4.90. The number of hydrogen-bond donors (Lipinski definition) is 0. The van der Waals surface area contributed by atoms with Gasteiger partial charge in [0.05, 0.1) is 0 Å². The second-order valence-corrected chi connectivity index (χ2v) is 4.51. The molecule has 0 nitrogen and oxygen atoms in total. The van der Waals surface area contributed by atoms with Crippen LogP contribution in [0.5, 0.6) is 0 Å². The van der Waals surface area contributed by atoms with Crippen LogP contribution in [0.25, 0.3) is 11.1 Å². The summed E-state index contributed by atoms with van der Waals surface area (Å²) in [4.78, 5) is 0. The van der Waals surface area contributed by atoms with Gasteiger partial charge in [-0.2, -0.15) is 11.3 Å². The lowest BCUT2D eigenvalue weighted by Gasteiger charge is -2.06. The standard InChI is InChI=1S/C13H14S/c1-10(2)12-8-14-9-13(12)11-6-4-3-5-7-11/h3-10H,1-2H3. The van der Waals surface area contributed by atoms with Crippen molar-refractivity contribution in [2.75, 3.05) is 0 Å². The largest absolute Gasteiger partial charge is 0.151 e. The van der Waals surface area contributed by atoms with E-state index >= 15 is 0 Å². The molecule has 0 amide bonds. The smallest absolute Gasteiger partial charge is 0.00117 e.